The SMILES string of the molecule is [AlH3].[Er].[Ti].[V]. The maximum Gasteiger partial charge on any atom is 0.187 e. The molecule has 0 amide bonds. The molecule has 0 saturated heterocycles. The van der Waals surface area contributed by atoms with Crippen LogP contribution in [0.3, 0.4) is 0 Å². The van der Waals surface area contributed by atoms with Gasteiger partial charge in [0.1, 0.15) is 0 Å². The van der Waals surface area contributed by atoms with Crippen LogP contribution in [0, 0.1) is 37.3 Å². The Morgan fingerprint density at radius 3 is 1.00 bits per heavy atom. The molecule has 0 aromatic rings. The summed E-state index contributed by atoms with van der Waals surface area (Å²) < 4.78 is 0. The summed E-state index contributed by atoms with van der Waals surface area (Å²) in [5, 5.41) is 0. The summed E-state index contributed by atoms with van der Waals surface area (Å²) in [6.07, 6.45) is 0. The van der Waals surface area contributed by atoms with Crippen molar-refractivity contribution in [1.29, 1.82) is 0 Å². The van der Waals surface area contributed by atoms with E-state index in [1.807, 2.05) is 0 Å². The van der Waals surface area contributed by atoms with Crippen LogP contribution in [0.15, 0.2) is 0 Å². The molecule has 0 fully saturated rings. The molecule has 0 rings (SSSR count). The van der Waals surface area contributed by atoms with E-state index in [1.54, 1.807) is 0 Å². The second-order valence-electron chi connectivity index (χ2n) is 0. The molecule has 0 spiro atoms. The van der Waals surface area contributed by atoms with Gasteiger partial charge >= 0.3 is 0 Å². The van der Waals surface area contributed by atoms with Crippen molar-refractivity contribution in [3.8, 4) is 0 Å². The van der Waals surface area contributed by atoms with Crippen molar-refractivity contribution in [2.75, 3.05) is 0 Å². The van der Waals surface area contributed by atoms with Gasteiger partial charge in [-0.05, 0) is 0 Å². The molecule has 0 saturated carbocycles. The van der Waals surface area contributed by atoms with Crippen LogP contribution >= 0.6 is 0 Å². The summed E-state index contributed by atoms with van der Waals surface area (Å²) in [4.78, 5) is 0. The smallest absolute Gasteiger partial charge is 0 e. The fourth-order valence-electron chi connectivity index (χ4n) is 0. The molecule has 4 heavy (non-hydrogen) atoms. The summed E-state index contributed by atoms with van der Waals surface area (Å²) >= 11 is 0. The molecule has 0 N–H and O–H groups in total. The van der Waals surface area contributed by atoms with Gasteiger partial charge in [0.2, 0.25) is 0 Å². The second kappa shape index (κ2) is 16.5. The monoisotopic (exact) mass is 295 g/mol. The van der Waals surface area contributed by atoms with Crippen molar-refractivity contribution in [2.45, 2.75) is 0 Å². The number of hydrogen-bond donors (Lipinski definition) is 0. The van der Waals surface area contributed by atoms with E-state index < -0.39 is 0 Å². The molecule has 0 atom stereocenters. The normalized spacial score (nSPS) is 0. The molecule has 0 heterocycles. The minimum Gasteiger partial charge on any atom is 0 e. The Balaban J connectivity index is 0. The molecule has 0 aliphatic rings. The molecule has 0 nitrogen and oxygen atoms in total. The number of hydrogen-bond acceptors (Lipinski definition) is 0. The van der Waals surface area contributed by atoms with E-state index in [0.717, 1.165) is 0 Å². The molecule has 27 valence electrons. The minimum absolute atomic E-state index is 0. The van der Waals surface area contributed by atoms with Crippen LogP contribution < -0.4 is 0 Å². The van der Waals surface area contributed by atoms with Gasteiger partial charge in [0, 0.05) is 77.6 Å². The van der Waals surface area contributed by atoms with Crippen LogP contribution in [-0.2, 0) is 40.3 Å². The molecule has 0 unspecified atom stereocenters. The van der Waals surface area contributed by atoms with Crippen molar-refractivity contribution in [3.05, 3.63) is 0 Å². The van der Waals surface area contributed by atoms with E-state index >= 15 is 0 Å². The molecule has 0 aliphatic heterocycles. The third-order valence-electron chi connectivity index (χ3n) is 0. The molecule has 0 bridgehead atoms. The zero-order valence-corrected chi connectivity index (χ0v) is 6.05. The van der Waals surface area contributed by atoms with Crippen molar-refractivity contribution in [3.63, 3.8) is 0 Å². The molecule has 4 heteroatoms. The first-order valence-electron chi connectivity index (χ1n) is 0. The van der Waals surface area contributed by atoms with Crippen molar-refractivity contribution >= 4 is 17.4 Å². The predicted octanol–water partition coefficient (Wildman–Crippen LogP) is -1.19. The van der Waals surface area contributed by atoms with Gasteiger partial charge in [-0.25, -0.2) is 0 Å². The Morgan fingerprint density at radius 2 is 1.00 bits per heavy atom. The van der Waals surface area contributed by atoms with Crippen LogP contribution in [0.5, 0.6) is 0 Å². The second-order valence-corrected chi connectivity index (χ2v) is 0. The molecule has 1 radical (unpaired) electrons. The molecular formula is H3AlErTiV. The molecular weight excluding hydrogens is 293 g/mol. The Kier molecular flexibility index (Phi) is 114. The van der Waals surface area contributed by atoms with E-state index in [0.29, 0.717) is 0 Å². The quantitative estimate of drug-likeness (QED) is 0.493. The summed E-state index contributed by atoms with van der Waals surface area (Å²) in [7, 11) is 0. The van der Waals surface area contributed by atoms with Crippen LogP contribution in [-0.4, -0.2) is 17.4 Å². The third kappa shape index (κ3) is 8.91. The van der Waals surface area contributed by atoms with E-state index in [1.165, 1.54) is 0 Å². The van der Waals surface area contributed by atoms with Gasteiger partial charge in [-0.3, -0.25) is 0 Å². The topological polar surface area (TPSA) is 0 Å². The van der Waals surface area contributed by atoms with E-state index in [2.05, 4.69) is 0 Å². The molecule has 0 aromatic heterocycles. The minimum atomic E-state index is 0. The van der Waals surface area contributed by atoms with Gasteiger partial charge in [-0.2, -0.15) is 0 Å². The first-order valence-corrected chi connectivity index (χ1v) is 0. The Morgan fingerprint density at radius 1 is 1.00 bits per heavy atom. The fourth-order valence-corrected chi connectivity index (χ4v) is 0. The average Bonchev–Trinajstić information content (AvgIpc) is 0. The van der Waals surface area contributed by atoms with Crippen LogP contribution in [0.1, 0.15) is 0 Å². The fraction of sp³-hybridized carbons (Fsp3) is 0. The van der Waals surface area contributed by atoms with Gasteiger partial charge in [0.25, 0.3) is 0 Å². The zero-order chi connectivity index (χ0) is 0. The molecule has 0 aromatic carbocycles. The van der Waals surface area contributed by atoms with Crippen LogP contribution in [0.25, 0.3) is 0 Å². The van der Waals surface area contributed by atoms with E-state index in [9.17, 15) is 0 Å². The van der Waals surface area contributed by atoms with E-state index in [-0.39, 0.29) is 94.9 Å². The van der Waals surface area contributed by atoms with Gasteiger partial charge < -0.3 is 0 Å². The summed E-state index contributed by atoms with van der Waals surface area (Å²) in [6.45, 7) is 0. The maximum atomic E-state index is 0. The Bertz CT molecular complexity index is 8.00. The average molecular weight is 296 g/mol. The van der Waals surface area contributed by atoms with Crippen molar-refractivity contribution in [1.82, 2.24) is 0 Å². The largest absolute Gasteiger partial charge is 0.187 e. The van der Waals surface area contributed by atoms with Crippen LogP contribution in [0.4, 0.5) is 0 Å². The first-order chi connectivity index (χ1) is 0. The standard InChI is InChI=1S/Al.Er.Ti.V.3H. The third-order valence-corrected chi connectivity index (χ3v) is 0. The summed E-state index contributed by atoms with van der Waals surface area (Å²) in [5.74, 6) is 0. The Labute approximate surface area is 93.0 Å². The van der Waals surface area contributed by atoms with E-state index in [4.69, 9.17) is 0 Å². The Hall–Kier alpha value is 3.08. The van der Waals surface area contributed by atoms with Gasteiger partial charge in [0.15, 0.2) is 17.4 Å². The summed E-state index contributed by atoms with van der Waals surface area (Å²) in [6, 6.07) is 0. The molecule has 0 aliphatic carbocycles. The first kappa shape index (κ1) is 27.6. The van der Waals surface area contributed by atoms with Gasteiger partial charge in [-0.15, -0.1) is 0 Å². The predicted molar refractivity (Wildman–Crippen MR) is 9.94 cm³/mol. The van der Waals surface area contributed by atoms with Gasteiger partial charge in [-0.1, -0.05) is 0 Å². The zero-order valence-electron chi connectivity index (χ0n) is 1.24. The maximum absolute atomic E-state index is 0. The van der Waals surface area contributed by atoms with Gasteiger partial charge in [0.05, 0.1) is 0 Å². The van der Waals surface area contributed by atoms with Crippen molar-refractivity contribution < 1.29 is 77.6 Å². The van der Waals surface area contributed by atoms with Crippen LogP contribution in [0.2, 0.25) is 0 Å². The van der Waals surface area contributed by atoms with Crippen molar-refractivity contribution in [2.24, 2.45) is 0 Å². The summed E-state index contributed by atoms with van der Waals surface area (Å²) in [5.41, 5.74) is 0. The number of rotatable bonds is 0.